The molecule has 1 amide bonds. The molecule has 3 unspecified atom stereocenters. The number of rotatable bonds is 50. The molecule has 0 saturated heterocycles. The standard InChI is InChI=1S/C57H107N2O7P/c1-7-10-13-16-19-22-25-28-31-34-37-40-43-46-49-56(60)58-54(53-65-67(62,63)64-52-51-59(4,5)6)55(48-45-42-39-36-33-30-27-24-21-18-15-12-9-3)66-57(61)50-47-44-41-38-35-32-29-26-23-20-17-14-11-8-2/h10,13,19,22,28,31,45,48,54-55H,7-9,11-12,14-18,20-21,23-27,29-30,32-44,46-47,49-53H2,1-6H3,(H-,58,60,62,63)/p+1/b13-10+,22-19+,31-28+,48-45+. The Balaban J connectivity index is 5.42. The lowest BCUT2D eigenvalue weighted by atomic mass is 10.0. The Morgan fingerprint density at radius 2 is 0.955 bits per heavy atom. The van der Waals surface area contributed by atoms with Crippen molar-refractivity contribution in [1.29, 1.82) is 0 Å². The number of ether oxygens (including phenoxy) is 1. The first-order chi connectivity index (χ1) is 32.4. The average molecular weight is 964 g/mol. The van der Waals surface area contributed by atoms with E-state index in [0.29, 0.717) is 17.4 Å². The van der Waals surface area contributed by atoms with Crippen molar-refractivity contribution < 1.29 is 37.3 Å². The zero-order valence-corrected chi connectivity index (χ0v) is 45.5. The maximum absolute atomic E-state index is 13.5. The lowest BCUT2D eigenvalue weighted by Crippen LogP contribution is -2.47. The summed E-state index contributed by atoms with van der Waals surface area (Å²) in [6.07, 6.45) is 56.7. The van der Waals surface area contributed by atoms with Crippen molar-refractivity contribution in [2.24, 2.45) is 0 Å². The van der Waals surface area contributed by atoms with E-state index in [9.17, 15) is 19.0 Å². The quantitative estimate of drug-likeness (QED) is 0.0205. The van der Waals surface area contributed by atoms with Gasteiger partial charge < -0.3 is 19.4 Å². The second kappa shape index (κ2) is 47.6. The van der Waals surface area contributed by atoms with Gasteiger partial charge >= 0.3 is 13.8 Å². The number of allylic oxidation sites excluding steroid dienone is 7. The molecule has 0 bridgehead atoms. The lowest BCUT2D eigenvalue weighted by molar-refractivity contribution is -0.870. The number of amides is 1. The summed E-state index contributed by atoms with van der Waals surface area (Å²) in [6.45, 7) is 6.89. The molecule has 0 aromatic rings. The molecule has 0 aliphatic heterocycles. The molecule has 0 radical (unpaired) electrons. The number of phosphoric ester groups is 1. The molecular formula is C57H108N2O7P+. The van der Waals surface area contributed by atoms with Crippen molar-refractivity contribution in [2.45, 2.75) is 264 Å². The number of quaternary nitrogens is 1. The zero-order chi connectivity index (χ0) is 49.4. The van der Waals surface area contributed by atoms with Crippen LogP contribution in [0.2, 0.25) is 0 Å². The first-order valence-electron chi connectivity index (χ1n) is 28.0. The Bertz CT molecular complexity index is 1290. The van der Waals surface area contributed by atoms with Crippen LogP contribution in [0.15, 0.2) is 48.6 Å². The number of hydrogen-bond donors (Lipinski definition) is 2. The van der Waals surface area contributed by atoms with Gasteiger partial charge in [0.15, 0.2) is 0 Å². The highest BCUT2D eigenvalue weighted by molar-refractivity contribution is 7.47. The summed E-state index contributed by atoms with van der Waals surface area (Å²) < 4.78 is 30.6. The average Bonchev–Trinajstić information content (AvgIpc) is 3.28. The molecule has 0 spiro atoms. The van der Waals surface area contributed by atoms with Crippen molar-refractivity contribution in [3.05, 3.63) is 48.6 Å². The van der Waals surface area contributed by atoms with Gasteiger partial charge in [0.2, 0.25) is 5.91 Å². The molecule has 392 valence electrons. The maximum Gasteiger partial charge on any atom is 0.472 e. The Morgan fingerprint density at radius 3 is 1.43 bits per heavy atom. The van der Waals surface area contributed by atoms with Crippen LogP contribution in [0.5, 0.6) is 0 Å². The van der Waals surface area contributed by atoms with Crippen LogP contribution in [-0.4, -0.2) is 74.3 Å². The number of nitrogens with zero attached hydrogens (tertiary/aromatic N) is 1. The number of phosphoric acid groups is 1. The van der Waals surface area contributed by atoms with Crippen LogP contribution in [0.3, 0.4) is 0 Å². The summed E-state index contributed by atoms with van der Waals surface area (Å²) in [5.74, 6) is -0.525. The second-order valence-electron chi connectivity index (χ2n) is 20.1. The fourth-order valence-electron chi connectivity index (χ4n) is 7.95. The number of carbonyl (C=O) groups is 2. The van der Waals surface area contributed by atoms with Crippen LogP contribution in [0, 0.1) is 0 Å². The number of hydrogen-bond acceptors (Lipinski definition) is 6. The monoisotopic (exact) mass is 964 g/mol. The summed E-state index contributed by atoms with van der Waals surface area (Å²) in [7, 11) is 1.48. The van der Waals surface area contributed by atoms with Crippen molar-refractivity contribution >= 4 is 19.7 Å². The maximum atomic E-state index is 13.5. The molecular weight excluding hydrogens is 856 g/mol. The number of esters is 1. The molecule has 0 rings (SSSR count). The highest BCUT2D eigenvalue weighted by atomic mass is 31.2. The van der Waals surface area contributed by atoms with Crippen molar-refractivity contribution in [3.8, 4) is 0 Å². The van der Waals surface area contributed by atoms with E-state index in [1.54, 1.807) is 0 Å². The molecule has 10 heteroatoms. The molecule has 0 aliphatic carbocycles. The Kier molecular flexibility index (Phi) is 46.2. The predicted octanol–water partition coefficient (Wildman–Crippen LogP) is 16.6. The third-order valence-corrected chi connectivity index (χ3v) is 13.3. The minimum absolute atomic E-state index is 0.0363. The first-order valence-corrected chi connectivity index (χ1v) is 29.5. The van der Waals surface area contributed by atoms with Crippen LogP contribution in [0.1, 0.15) is 252 Å². The van der Waals surface area contributed by atoms with E-state index in [-0.39, 0.29) is 31.5 Å². The summed E-state index contributed by atoms with van der Waals surface area (Å²) >= 11 is 0. The summed E-state index contributed by atoms with van der Waals surface area (Å²) in [4.78, 5) is 37.5. The predicted molar refractivity (Wildman–Crippen MR) is 286 cm³/mol. The van der Waals surface area contributed by atoms with Gasteiger partial charge in [-0.3, -0.25) is 18.6 Å². The Morgan fingerprint density at radius 1 is 0.537 bits per heavy atom. The zero-order valence-electron chi connectivity index (χ0n) is 44.6. The molecule has 0 aromatic heterocycles. The fourth-order valence-corrected chi connectivity index (χ4v) is 8.69. The highest BCUT2D eigenvalue weighted by Gasteiger charge is 2.30. The van der Waals surface area contributed by atoms with Gasteiger partial charge in [-0.2, -0.15) is 0 Å². The van der Waals surface area contributed by atoms with Gasteiger partial charge in [-0.25, -0.2) is 4.57 Å². The van der Waals surface area contributed by atoms with Gasteiger partial charge in [-0.15, -0.1) is 0 Å². The third-order valence-electron chi connectivity index (χ3n) is 12.3. The van der Waals surface area contributed by atoms with E-state index in [2.05, 4.69) is 62.5 Å². The van der Waals surface area contributed by atoms with Gasteiger partial charge in [0.05, 0.1) is 33.8 Å². The highest BCUT2D eigenvalue weighted by Crippen LogP contribution is 2.43. The van der Waals surface area contributed by atoms with E-state index in [4.69, 9.17) is 13.8 Å². The van der Waals surface area contributed by atoms with E-state index >= 15 is 0 Å². The molecule has 0 saturated carbocycles. The number of likely N-dealkylation sites (N-methyl/N-ethyl adjacent to an activating group) is 1. The van der Waals surface area contributed by atoms with Crippen LogP contribution in [0.4, 0.5) is 0 Å². The van der Waals surface area contributed by atoms with E-state index in [1.165, 1.54) is 128 Å². The second-order valence-corrected chi connectivity index (χ2v) is 21.5. The molecule has 9 nitrogen and oxygen atoms in total. The van der Waals surface area contributed by atoms with Crippen LogP contribution >= 0.6 is 7.82 Å². The lowest BCUT2D eigenvalue weighted by Gasteiger charge is -2.27. The molecule has 0 heterocycles. The van der Waals surface area contributed by atoms with Gasteiger partial charge in [-0.05, 0) is 63.9 Å². The smallest absolute Gasteiger partial charge is 0.456 e. The van der Waals surface area contributed by atoms with Gasteiger partial charge in [-0.1, -0.05) is 224 Å². The summed E-state index contributed by atoms with van der Waals surface area (Å²) in [5.41, 5.74) is 0. The van der Waals surface area contributed by atoms with Crippen molar-refractivity contribution in [1.82, 2.24) is 5.32 Å². The molecule has 0 aromatic carbocycles. The topological polar surface area (TPSA) is 111 Å². The van der Waals surface area contributed by atoms with E-state index < -0.39 is 20.0 Å². The molecule has 67 heavy (non-hydrogen) atoms. The fraction of sp³-hybridized carbons (Fsp3) is 0.825. The van der Waals surface area contributed by atoms with Crippen LogP contribution in [0.25, 0.3) is 0 Å². The minimum Gasteiger partial charge on any atom is -0.456 e. The number of carbonyl (C=O) groups excluding carboxylic acids is 2. The van der Waals surface area contributed by atoms with Crippen LogP contribution in [-0.2, 0) is 27.9 Å². The molecule has 0 aliphatic rings. The molecule has 2 N–H and O–H groups in total. The number of nitrogens with one attached hydrogen (secondary N) is 1. The summed E-state index contributed by atoms with van der Waals surface area (Å²) in [6, 6.07) is -0.856. The van der Waals surface area contributed by atoms with E-state index in [1.807, 2.05) is 33.3 Å². The van der Waals surface area contributed by atoms with E-state index in [0.717, 1.165) is 89.9 Å². The SMILES string of the molecule is CC/C=C/C/C=C/C/C=C/CCCCCCC(=O)NC(COP(=O)(O)OCC[N+](C)(C)C)C(/C=C/CCCCCCCCCCCCC)OC(=O)CCCCCCCCCCCCCCCC. The normalized spacial score (nSPS) is 14.2. The number of unbranched alkanes of at least 4 members (excludes halogenated alkanes) is 28. The van der Waals surface area contributed by atoms with Crippen molar-refractivity contribution in [2.75, 3.05) is 40.9 Å². The Labute approximate surface area is 414 Å². The summed E-state index contributed by atoms with van der Waals surface area (Å²) in [5, 5.41) is 3.03. The largest absolute Gasteiger partial charge is 0.472 e. The van der Waals surface area contributed by atoms with Gasteiger partial charge in [0.1, 0.15) is 19.3 Å². The van der Waals surface area contributed by atoms with Gasteiger partial charge in [0.25, 0.3) is 0 Å². The van der Waals surface area contributed by atoms with Crippen molar-refractivity contribution in [3.63, 3.8) is 0 Å². The Hall–Kier alpha value is -2.03. The van der Waals surface area contributed by atoms with Gasteiger partial charge in [0, 0.05) is 12.8 Å². The first kappa shape index (κ1) is 65.0. The third kappa shape index (κ3) is 48.8. The molecule has 3 atom stereocenters. The minimum atomic E-state index is -4.45. The van der Waals surface area contributed by atoms with Crippen LogP contribution < -0.4 is 5.32 Å². The molecule has 0 fully saturated rings.